The number of nitrogens with zero attached hydrogens (tertiary/aromatic N) is 4. The molecule has 0 saturated carbocycles. The van der Waals surface area contributed by atoms with E-state index in [2.05, 4.69) is 21.9 Å². The summed E-state index contributed by atoms with van der Waals surface area (Å²) in [6, 6.07) is 12.2. The number of hydrogen-bond acceptors (Lipinski definition) is 9. The van der Waals surface area contributed by atoms with Crippen LogP contribution in [-0.4, -0.2) is 43.6 Å². The Balaban J connectivity index is 0.000000385. The fraction of sp³-hybridized carbons (Fsp3) is 0.323. The molecule has 0 saturated heterocycles. The topological polar surface area (TPSA) is 145 Å². The summed E-state index contributed by atoms with van der Waals surface area (Å²) in [7, 11) is 0. The number of oxazole rings is 3. The number of carboxylic acids is 1. The molecule has 0 radical (unpaired) electrons. The number of aliphatic carboxylic acids is 1. The van der Waals surface area contributed by atoms with E-state index in [1.807, 2.05) is 39.8 Å². The lowest BCUT2D eigenvalue weighted by atomic mass is 10.2. The maximum absolute atomic E-state index is 12.6. The summed E-state index contributed by atoms with van der Waals surface area (Å²) in [5, 5.41) is 9.26. The van der Waals surface area contributed by atoms with Gasteiger partial charge < -0.3 is 23.1 Å². The second-order valence-corrected chi connectivity index (χ2v) is 9.84. The lowest BCUT2D eigenvalue weighted by Gasteiger charge is -2.20. The molecule has 0 aliphatic heterocycles. The summed E-state index contributed by atoms with van der Waals surface area (Å²) in [6.45, 7) is 11.0. The van der Waals surface area contributed by atoms with Gasteiger partial charge in [-0.05, 0) is 57.0 Å². The van der Waals surface area contributed by atoms with Crippen LogP contribution in [0, 0.1) is 34.6 Å². The Morgan fingerprint density at radius 1 is 0.857 bits per heavy atom. The summed E-state index contributed by atoms with van der Waals surface area (Å²) in [6.07, 6.45) is 0.601. The van der Waals surface area contributed by atoms with Gasteiger partial charge in [-0.15, -0.1) is 0 Å². The molecule has 1 N–H and O–H groups in total. The second kappa shape index (κ2) is 13.2. The molecular formula is C31H34N4O7. The van der Waals surface area contributed by atoms with E-state index in [4.69, 9.17) is 18.0 Å². The number of aromatic nitrogens is 3. The van der Waals surface area contributed by atoms with Crippen LogP contribution in [-0.2, 0) is 24.2 Å². The maximum atomic E-state index is 12.6. The van der Waals surface area contributed by atoms with Crippen molar-refractivity contribution in [1.29, 1.82) is 0 Å². The second-order valence-electron chi connectivity index (χ2n) is 9.84. The minimum Gasteiger partial charge on any atom is -0.480 e. The molecule has 5 rings (SSSR count). The smallest absolute Gasteiger partial charge is 0.416 e. The Morgan fingerprint density at radius 2 is 1.50 bits per heavy atom. The average molecular weight is 575 g/mol. The SMILES string of the molecule is CCc1nc(C)oc1C.Cc1ccc(OC(=O)N(CC(=O)O)Cc2ccc3oc(Cc4nc(C)oc4C)nc3c2)cc1. The molecule has 0 unspecified atom stereocenters. The third-order valence-corrected chi connectivity index (χ3v) is 6.33. The standard InChI is InChI=1S/C24H23N3O6.C7H11NO/c1-14-4-7-18(8-5-14)32-24(30)27(13-23(28)29)12-17-6-9-21-20(10-17)26-22(33-21)11-19-15(2)31-16(3)25-19;1-4-7-5(2)9-6(3)8-7/h4-10H,11-13H2,1-3H3,(H,28,29);4H2,1-3H3. The van der Waals surface area contributed by atoms with Gasteiger partial charge in [0.05, 0.1) is 17.8 Å². The van der Waals surface area contributed by atoms with Crippen molar-refractivity contribution in [2.45, 2.75) is 60.9 Å². The first-order valence-electron chi connectivity index (χ1n) is 13.5. The molecular weight excluding hydrogens is 540 g/mol. The van der Waals surface area contributed by atoms with Gasteiger partial charge in [-0.2, -0.15) is 0 Å². The molecule has 1 amide bonds. The summed E-state index contributed by atoms with van der Waals surface area (Å²) < 4.78 is 21.8. The highest BCUT2D eigenvalue weighted by molar-refractivity contribution is 5.78. The van der Waals surface area contributed by atoms with Crippen LogP contribution < -0.4 is 4.74 Å². The van der Waals surface area contributed by atoms with Crippen LogP contribution in [0.25, 0.3) is 11.1 Å². The van der Waals surface area contributed by atoms with Crippen LogP contribution in [0.4, 0.5) is 4.79 Å². The molecule has 42 heavy (non-hydrogen) atoms. The van der Waals surface area contributed by atoms with Crippen molar-refractivity contribution in [3.63, 3.8) is 0 Å². The van der Waals surface area contributed by atoms with Gasteiger partial charge in [0.15, 0.2) is 17.4 Å². The van der Waals surface area contributed by atoms with Gasteiger partial charge in [0.2, 0.25) is 5.89 Å². The van der Waals surface area contributed by atoms with E-state index in [1.165, 1.54) is 0 Å². The Bertz CT molecular complexity index is 1680. The van der Waals surface area contributed by atoms with Gasteiger partial charge in [0, 0.05) is 20.4 Å². The predicted molar refractivity (Wildman–Crippen MR) is 153 cm³/mol. The van der Waals surface area contributed by atoms with Crippen LogP contribution in [0.3, 0.4) is 0 Å². The van der Waals surface area contributed by atoms with Crippen molar-refractivity contribution in [1.82, 2.24) is 19.9 Å². The Kier molecular flexibility index (Phi) is 9.41. The number of hydrogen-bond donors (Lipinski definition) is 1. The number of aryl methyl sites for hydroxylation is 6. The fourth-order valence-corrected chi connectivity index (χ4v) is 4.31. The highest BCUT2D eigenvalue weighted by Crippen LogP contribution is 2.22. The number of fused-ring (bicyclic) bond motifs is 1. The molecule has 0 aliphatic rings. The number of amides is 1. The number of rotatable bonds is 8. The van der Waals surface area contributed by atoms with Crippen molar-refractivity contribution < 1.29 is 32.7 Å². The molecule has 3 aromatic heterocycles. The van der Waals surface area contributed by atoms with Crippen molar-refractivity contribution in [2.24, 2.45) is 0 Å². The summed E-state index contributed by atoms with van der Waals surface area (Å²) >= 11 is 0. The highest BCUT2D eigenvalue weighted by atomic mass is 16.6. The quantitative estimate of drug-likeness (QED) is 0.225. The molecule has 11 heteroatoms. The van der Waals surface area contributed by atoms with E-state index in [0.717, 1.165) is 39.9 Å². The van der Waals surface area contributed by atoms with E-state index in [9.17, 15) is 14.7 Å². The lowest BCUT2D eigenvalue weighted by molar-refractivity contribution is -0.138. The number of carboxylic acid groups (broad SMARTS) is 1. The molecule has 11 nitrogen and oxygen atoms in total. The molecule has 0 atom stereocenters. The Labute approximate surface area is 243 Å². The largest absolute Gasteiger partial charge is 0.480 e. The van der Waals surface area contributed by atoms with E-state index >= 15 is 0 Å². The number of benzene rings is 2. The van der Waals surface area contributed by atoms with Crippen molar-refractivity contribution in [3.05, 3.63) is 94.2 Å². The zero-order valence-electron chi connectivity index (χ0n) is 24.6. The molecule has 220 valence electrons. The van der Waals surface area contributed by atoms with Gasteiger partial charge in [0.25, 0.3) is 0 Å². The van der Waals surface area contributed by atoms with Crippen LogP contribution in [0.5, 0.6) is 5.75 Å². The Hall–Kier alpha value is -4.93. The third-order valence-electron chi connectivity index (χ3n) is 6.33. The highest BCUT2D eigenvalue weighted by Gasteiger charge is 2.20. The van der Waals surface area contributed by atoms with E-state index < -0.39 is 18.6 Å². The first-order valence-corrected chi connectivity index (χ1v) is 13.5. The molecule has 3 heterocycles. The van der Waals surface area contributed by atoms with Crippen LogP contribution in [0.1, 0.15) is 58.6 Å². The first-order chi connectivity index (χ1) is 20.0. The predicted octanol–water partition coefficient (Wildman–Crippen LogP) is 6.27. The van der Waals surface area contributed by atoms with Gasteiger partial charge in [0.1, 0.15) is 29.3 Å². The molecule has 0 spiro atoms. The zero-order chi connectivity index (χ0) is 30.4. The minimum atomic E-state index is -1.14. The van der Waals surface area contributed by atoms with Gasteiger partial charge in [-0.3, -0.25) is 9.69 Å². The van der Waals surface area contributed by atoms with Crippen LogP contribution in [0.2, 0.25) is 0 Å². The average Bonchev–Trinajstić information content (AvgIpc) is 3.59. The molecule has 0 fully saturated rings. The van der Waals surface area contributed by atoms with Gasteiger partial charge in [-0.25, -0.2) is 19.7 Å². The monoisotopic (exact) mass is 574 g/mol. The fourth-order valence-electron chi connectivity index (χ4n) is 4.31. The zero-order valence-corrected chi connectivity index (χ0v) is 24.6. The maximum Gasteiger partial charge on any atom is 0.416 e. The van der Waals surface area contributed by atoms with Crippen LogP contribution >= 0.6 is 0 Å². The first kappa shape index (κ1) is 30.0. The van der Waals surface area contributed by atoms with Crippen molar-refractivity contribution in [2.75, 3.05) is 6.54 Å². The van der Waals surface area contributed by atoms with Crippen LogP contribution in [0.15, 0.2) is 55.7 Å². The summed E-state index contributed by atoms with van der Waals surface area (Å²) in [5.74, 6) is 2.71. The third kappa shape index (κ3) is 7.84. The molecule has 5 aromatic rings. The lowest BCUT2D eigenvalue weighted by Crippen LogP contribution is -2.37. The van der Waals surface area contributed by atoms with Crippen molar-refractivity contribution >= 4 is 23.2 Å². The Morgan fingerprint density at radius 3 is 2.05 bits per heavy atom. The molecule has 0 bridgehead atoms. The number of carbonyl (C=O) groups excluding carboxylic acids is 1. The van der Waals surface area contributed by atoms with E-state index in [1.54, 1.807) is 37.3 Å². The van der Waals surface area contributed by atoms with E-state index in [-0.39, 0.29) is 6.54 Å². The number of carbonyl (C=O) groups is 2. The van der Waals surface area contributed by atoms with Crippen molar-refractivity contribution in [3.8, 4) is 5.75 Å². The summed E-state index contributed by atoms with van der Waals surface area (Å²) in [4.78, 5) is 38.1. The minimum absolute atomic E-state index is 0.0384. The number of ether oxygens (including phenoxy) is 1. The normalized spacial score (nSPS) is 10.8. The molecule has 0 aliphatic carbocycles. The van der Waals surface area contributed by atoms with Gasteiger partial charge in [-0.1, -0.05) is 30.7 Å². The van der Waals surface area contributed by atoms with E-state index in [0.29, 0.717) is 46.4 Å². The molecule has 2 aromatic carbocycles. The van der Waals surface area contributed by atoms with Gasteiger partial charge >= 0.3 is 12.1 Å². The summed E-state index contributed by atoms with van der Waals surface area (Å²) in [5.41, 5.74) is 4.73.